The molecule has 0 aliphatic heterocycles. The summed E-state index contributed by atoms with van der Waals surface area (Å²) in [6.45, 7) is 3.04. The quantitative estimate of drug-likeness (QED) is 0.896. The molecule has 0 saturated heterocycles. The van der Waals surface area contributed by atoms with Gasteiger partial charge < -0.3 is 5.32 Å². The Hall–Kier alpha value is -1.36. The van der Waals surface area contributed by atoms with Crippen LogP contribution in [0, 0.1) is 11.8 Å². The Bertz CT molecular complexity index is 516. The second-order valence-corrected chi connectivity index (χ2v) is 5.65. The molecule has 5 heteroatoms. The van der Waals surface area contributed by atoms with Crippen LogP contribution < -0.4 is 5.32 Å². The van der Waals surface area contributed by atoms with Crippen LogP contribution >= 0.6 is 11.3 Å². The first-order valence-corrected chi connectivity index (χ1v) is 6.78. The summed E-state index contributed by atoms with van der Waals surface area (Å²) < 4.78 is 1.95. The highest BCUT2D eigenvalue weighted by Gasteiger charge is 2.32. The summed E-state index contributed by atoms with van der Waals surface area (Å²) >= 11 is 1.58. The van der Waals surface area contributed by atoms with E-state index >= 15 is 0 Å². The van der Waals surface area contributed by atoms with Crippen molar-refractivity contribution in [3.05, 3.63) is 23.5 Å². The third-order valence-corrected chi connectivity index (χ3v) is 4.09. The van der Waals surface area contributed by atoms with Gasteiger partial charge in [-0.1, -0.05) is 6.92 Å². The van der Waals surface area contributed by atoms with Crippen LogP contribution in [0.3, 0.4) is 0 Å². The number of aromatic nitrogens is 2. The summed E-state index contributed by atoms with van der Waals surface area (Å²) in [5, 5.41) is 4.96. The number of rotatable bonds is 4. The summed E-state index contributed by atoms with van der Waals surface area (Å²) in [4.78, 5) is 17.0. The molecule has 3 rings (SSSR count). The molecule has 0 bridgehead atoms. The van der Waals surface area contributed by atoms with Crippen molar-refractivity contribution in [2.24, 2.45) is 11.8 Å². The Morgan fingerprint density at radius 2 is 2.53 bits per heavy atom. The minimum atomic E-state index is 0.0786. The highest BCUT2D eigenvalue weighted by Crippen LogP contribution is 2.36. The molecule has 1 fully saturated rings. The zero-order valence-corrected chi connectivity index (χ0v) is 10.5. The molecule has 0 spiro atoms. The SMILES string of the molecule is CC1CC1CNC(=O)Cc1cn2ccsc2n1. The molecule has 0 aromatic carbocycles. The first-order valence-electron chi connectivity index (χ1n) is 5.90. The molecule has 2 unspecified atom stereocenters. The number of imidazole rings is 1. The normalized spacial score (nSPS) is 22.9. The van der Waals surface area contributed by atoms with E-state index in [2.05, 4.69) is 17.2 Å². The van der Waals surface area contributed by atoms with E-state index in [0.29, 0.717) is 12.3 Å². The molecule has 4 nitrogen and oxygen atoms in total. The van der Waals surface area contributed by atoms with Crippen LogP contribution in [0.1, 0.15) is 19.0 Å². The molecule has 2 aromatic rings. The Labute approximate surface area is 104 Å². The van der Waals surface area contributed by atoms with E-state index < -0.39 is 0 Å². The number of thiazole rings is 1. The maximum atomic E-state index is 11.7. The fourth-order valence-electron chi connectivity index (χ4n) is 2.02. The van der Waals surface area contributed by atoms with Gasteiger partial charge in [0.25, 0.3) is 0 Å². The van der Waals surface area contributed by atoms with Gasteiger partial charge in [-0.15, -0.1) is 11.3 Å². The van der Waals surface area contributed by atoms with E-state index in [-0.39, 0.29) is 5.91 Å². The van der Waals surface area contributed by atoms with Crippen LogP contribution in [0.15, 0.2) is 17.8 Å². The van der Waals surface area contributed by atoms with Crippen molar-refractivity contribution in [1.29, 1.82) is 0 Å². The molecule has 2 atom stereocenters. The summed E-state index contributed by atoms with van der Waals surface area (Å²) in [5.74, 6) is 1.56. The predicted octanol–water partition coefficient (Wildman–Crippen LogP) is 1.71. The van der Waals surface area contributed by atoms with Gasteiger partial charge in [-0.3, -0.25) is 9.20 Å². The van der Waals surface area contributed by atoms with Crippen LogP contribution in [0.2, 0.25) is 0 Å². The van der Waals surface area contributed by atoms with Gasteiger partial charge in [-0.2, -0.15) is 0 Å². The Kier molecular flexibility index (Phi) is 2.63. The number of fused-ring (bicyclic) bond motifs is 1. The maximum Gasteiger partial charge on any atom is 0.226 e. The first-order chi connectivity index (χ1) is 8.22. The van der Waals surface area contributed by atoms with Gasteiger partial charge in [-0.25, -0.2) is 4.98 Å². The maximum absolute atomic E-state index is 11.7. The monoisotopic (exact) mass is 249 g/mol. The lowest BCUT2D eigenvalue weighted by atomic mass is 10.3. The Morgan fingerprint density at radius 3 is 3.24 bits per heavy atom. The molecule has 1 amide bonds. The number of amides is 1. The van der Waals surface area contributed by atoms with E-state index in [1.54, 1.807) is 11.3 Å². The van der Waals surface area contributed by atoms with Crippen molar-refractivity contribution in [3.63, 3.8) is 0 Å². The van der Waals surface area contributed by atoms with Gasteiger partial charge in [0, 0.05) is 24.3 Å². The van der Waals surface area contributed by atoms with E-state index in [9.17, 15) is 4.79 Å². The minimum absolute atomic E-state index is 0.0786. The zero-order valence-electron chi connectivity index (χ0n) is 9.72. The molecule has 2 heterocycles. The van der Waals surface area contributed by atoms with Crippen molar-refractivity contribution in [1.82, 2.24) is 14.7 Å². The third kappa shape index (κ3) is 2.34. The molecular formula is C12H15N3OS. The molecule has 0 radical (unpaired) electrons. The average molecular weight is 249 g/mol. The van der Waals surface area contributed by atoms with Crippen LogP contribution in [-0.2, 0) is 11.2 Å². The molecule has 2 aromatic heterocycles. The number of hydrogen-bond acceptors (Lipinski definition) is 3. The topological polar surface area (TPSA) is 46.4 Å². The smallest absolute Gasteiger partial charge is 0.226 e. The molecule has 1 saturated carbocycles. The van der Waals surface area contributed by atoms with Crippen LogP contribution in [0.25, 0.3) is 4.96 Å². The fourth-order valence-corrected chi connectivity index (χ4v) is 2.74. The van der Waals surface area contributed by atoms with Crippen molar-refractivity contribution in [2.45, 2.75) is 19.8 Å². The highest BCUT2D eigenvalue weighted by molar-refractivity contribution is 7.15. The highest BCUT2D eigenvalue weighted by atomic mass is 32.1. The summed E-state index contributed by atoms with van der Waals surface area (Å²) in [6.07, 6.45) is 5.52. The van der Waals surface area contributed by atoms with E-state index in [0.717, 1.165) is 23.1 Å². The molecule has 1 aliphatic carbocycles. The van der Waals surface area contributed by atoms with Gasteiger partial charge in [0.2, 0.25) is 5.91 Å². The van der Waals surface area contributed by atoms with Gasteiger partial charge in [0.05, 0.1) is 12.1 Å². The molecule has 1 aliphatic rings. The minimum Gasteiger partial charge on any atom is -0.355 e. The van der Waals surface area contributed by atoms with Crippen LogP contribution in [-0.4, -0.2) is 21.8 Å². The molecule has 90 valence electrons. The largest absolute Gasteiger partial charge is 0.355 e. The fraction of sp³-hybridized carbons (Fsp3) is 0.500. The lowest BCUT2D eigenvalue weighted by Gasteiger charge is -2.02. The second-order valence-electron chi connectivity index (χ2n) is 4.78. The van der Waals surface area contributed by atoms with E-state index in [4.69, 9.17) is 0 Å². The standard InChI is InChI=1S/C12H15N3OS/c1-8-4-9(8)6-13-11(16)5-10-7-15-2-3-17-12(15)14-10/h2-3,7-9H,4-6H2,1H3,(H,13,16). The lowest BCUT2D eigenvalue weighted by molar-refractivity contribution is -0.120. The van der Waals surface area contributed by atoms with Crippen molar-refractivity contribution in [3.8, 4) is 0 Å². The summed E-state index contributed by atoms with van der Waals surface area (Å²) in [5.41, 5.74) is 0.846. The van der Waals surface area contributed by atoms with Crippen molar-refractivity contribution < 1.29 is 4.79 Å². The Morgan fingerprint density at radius 1 is 1.71 bits per heavy atom. The second kappa shape index (κ2) is 4.14. The first kappa shape index (κ1) is 10.8. The number of nitrogens with zero attached hydrogens (tertiary/aromatic N) is 2. The number of carbonyl (C=O) groups excluding carboxylic acids is 1. The van der Waals surface area contributed by atoms with Gasteiger partial charge in [0.1, 0.15) is 0 Å². The molecular weight excluding hydrogens is 234 g/mol. The summed E-state index contributed by atoms with van der Waals surface area (Å²) in [6, 6.07) is 0. The lowest BCUT2D eigenvalue weighted by Crippen LogP contribution is -2.27. The van der Waals surface area contributed by atoms with Crippen LogP contribution in [0.4, 0.5) is 0 Å². The van der Waals surface area contributed by atoms with E-state index in [1.165, 1.54) is 6.42 Å². The molecule has 1 N–H and O–H groups in total. The van der Waals surface area contributed by atoms with E-state index in [1.807, 2.05) is 22.2 Å². The van der Waals surface area contributed by atoms with Gasteiger partial charge in [-0.05, 0) is 18.3 Å². The molecule has 17 heavy (non-hydrogen) atoms. The Balaban J connectivity index is 1.55. The number of carbonyl (C=O) groups is 1. The zero-order chi connectivity index (χ0) is 11.8. The van der Waals surface area contributed by atoms with Crippen LogP contribution in [0.5, 0.6) is 0 Å². The van der Waals surface area contributed by atoms with Gasteiger partial charge in [0.15, 0.2) is 4.96 Å². The average Bonchev–Trinajstić information content (AvgIpc) is 2.68. The predicted molar refractivity (Wildman–Crippen MR) is 67.1 cm³/mol. The third-order valence-electron chi connectivity index (χ3n) is 3.32. The van der Waals surface area contributed by atoms with Crippen molar-refractivity contribution >= 4 is 22.2 Å². The number of nitrogens with one attached hydrogen (secondary N) is 1. The van der Waals surface area contributed by atoms with Gasteiger partial charge >= 0.3 is 0 Å². The van der Waals surface area contributed by atoms with Crippen molar-refractivity contribution in [2.75, 3.05) is 6.54 Å². The number of hydrogen-bond donors (Lipinski definition) is 1. The summed E-state index contributed by atoms with van der Waals surface area (Å²) in [7, 11) is 0.